The Labute approximate surface area is 144 Å². The minimum Gasteiger partial charge on any atom is -0.550 e. The third-order valence-corrected chi connectivity index (χ3v) is 3.39. The molecule has 0 spiro atoms. The van der Waals surface area contributed by atoms with Gasteiger partial charge in [-0.05, 0) is 26.0 Å². The first-order valence-corrected chi connectivity index (χ1v) is 7.69. The number of benzene rings is 1. The van der Waals surface area contributed by atoms with Crippen LogP contribution in [-0.4, -0.2) is 33.4 Å². The van der Waals surface area contributed by atoms with Crippen molar-refractivity contribution in [3.05, 3.63) is 46.8 Å². The number of nitrogens with one attached hydrogen (secondary N) is 1. The van der Waals surface area contributed by atoms with Crippen LogP contribution in [0.2, 0.25) is 0 Å². The first kappa shape index (κ1) is 18.1. The summed E-state index contributed by atoms with van der Waals surface area (Å²) in [5.74, 6) is -1.15. The molecule has 1 aromatic carbocycles. The largest absolute Gasteiger partial charge is 0.550 e. The molecule has 0 saturated carbocycles. The van der Waals surface area contributed by atoms with Crippen LogP contribution in [0.25, 0.3) is 0 Å². The summed E-state index contributed by atoms with van der Waals surface area (Å²) in [5, 5.41) is 24.8. The smallest absolute Gasteiger partial charge is 0.353 e. The number of carboxylic acid groups (broad SMARTS) is 1. The minimum absolute atomic E-state index is 0.0298. The van der Waals surface area contributed by atoms with Gasteiger partial charge >= 0.3 is 5.69 Å². The Kier molecular flexibility index (Phi) is 5.83. The highest BCUT2D eigenvalue weighted by molar-refractivity contribution is 5.76. The van der Waals surface area contributed by atoms with Crippen molar-refractivity contribution < 1.29 is 14.8 Å². The zero-order valence-corrected chi connectivity index (χ0v) is 13.9. The van der Waals surface area contributed by atoms with Gasteiger partial charge in [0.25, 0.3) is 0 Å². The van der Waals surface area contributed by atoms with E-state index >= 15 is 0 Å². The second-order valence-electron chi connectivity index (χ2n) is 5.50. The van der Waals surface area contributed by atoms with Crippen LogP contribution < -0.4 is 15.3 Å². The van der Waals surface area contributed by atoms with E-state index in [0.29, 0.717) is 0 Å². The Morgan fingerprint density at radius 1 is 1.28 bits per heavy atom. The fourth-order valence-electron chi connectivity index (χ4n) is 2.38. The lowest BCUT2D eigenvalue weighted by atomic mass is 10.2. The highest BCUT2D eigenvalue weighted by atomic mass is 16.6. The van der Waals surface area contributed by atoms with Crippen LogP contribution >= 0.6 is 0 Å². The molecule has 0 atom stereocenters. The van der Waals surface area contributed by atoms with Crippen molar-refractivity contribution in [1.82, 2.24) is 9.97 Å². The van der Waals surface area contributed by atoms with Gasteiger partial charge in [-0.3, -0.25) is 10.1 Å². The fourth-order valence-corrected chi connectivity index (χ4v) is 2.38. The Balaban J connectivity index is 2.48. The fraction of sp³-hybridized carbons (Fsp3) is 0.312. The van der Waals surface area contributed by atoms with E-state index in [1.807, 2.05) is 44.2 Å². The van der Waals surface area contributed by atoms with Gasteiger partial charge in [0.1, 0.15) is 6.33 Å². The van der Waals surface area contributed by atoms with Crippen molar-refractivity contribution in [2.75, 3.05) is 16.8 Å². The summed E-state index contributed by atoms with van der Waals surface area (Å²) < 4.78 is 0. The van der Waals surface area contributed by atoms with Crippen molar-refractivity contribution in [1.29, 1.82) is 0 Å². The van der Waals surface area contributed by atoms with Gasteiger partial charge in [-0.25, -0.2) is 9.97 Å². The van der Waals surface area contributed by atoms with Crippen molar-refractivity contribution in [2.45, 2.75) is 26.3 Å². The predicted molar refractivity (Wildman–Crippen MR) is 90.5 cm³/mol. The lowest BCUT2D eigenvalue weighted by Crippen LogP contribution is -2.28. The van der Waals surface area contributed by atoms with Crippen molar-refractivity contribution in [3.63, 3.8) is 0 Å². The number of carbonyl (C=O) groups is 1. The van der Waals surface area contributed by atoms with Crippen molar-refractivity contribution in [2.24, 2.45) is 0 Å². The van der Waals surface area contributed by atoms with Crippen LogP contribution in [0.5, 0.6) is 0 Å². The molecule has 0 bridgehead atoms. The average Bonchev–Trinajstić information content (AvgIpc) is 2.55. The SMILES string of the molecule is CC(C)N(c1ccccc1)c1ncnc(NCCC(=O)[O-])c1[N+](=O)[O-]. The zero-order valence-electron chi connectivity index (χ0n) is 13.9. The maximum absolute atomic E-state index is 11.6. The molecule has 25 heavy (non-hydrogen) atoms. The summed E-state index contributed by atoms with van der Waals surface area (Å²) in [7, 11) is 0. The maximum atomic E-state index is 11.6. The number of aromatic nitrogens is 2. The molecule has 0 aliphatic rings. The minimum atomic E-state index is -1.25. The number of anilines is 3. The number of rotatable bonds is 8. The van der Waals surface area contributed by atoms with Gasteiger partial charge in [-0.1, -0.05) is 18.2 Å². The molecule has 0 unspecified atom stereocenters. The molecule has 132 valence electrons. The summed E-state index contributed by atoms with van der Waals surface area (Å²) >= 11 is 0. The van der Waals surface area contributed by atoms with E-state index in [0.717, 1.165) is 5.69 Å². The number of aliphatic carboxylic acids is 1. The van der Waals surface area contributed by atoms with Gasteiger partial charge in [0.05, 0.1) is 4.92 Å². The van der Waals surface area contributed by atoms with E-state index in [4.69, 9.17) is 0 Å². The van der Waals surface area contributed by atoms with E-state index in [-0.39, 0.29) is 36.3 Å². The lowest BCUT2D eigenvalue weighted by molar-refractivity contribution is -0.383. The summed E-state index contributed by atoms with van der Waals surface area (Å²) in [6.07, 6.45) is 0.922. The molecule has 0 fully saturated rings. The van der Waals surface area contributed by atoms with Gasteiger partial charge in [0.2, 0.25) is 11.6 Å². The van der Waals surface area contributed by atoms with Gasteiger partial charge in [-0.2, -0.15) is 0 Å². The molecule has 0 radical (unpaired) electrons. The third kappa shape index (κ3) is 4.40. The van der Waals surface area contributed by atoms with Gasteiger partial charge < -0.3 is 20.1 Å². The van der Waals surface area contributed by atoms with Crippen molar-refractivity contribution in [3.8, 4) is 0 Å². The molecule has 9 nitrogen and oxygen atoms in total. The molecular formula is C16H18N5O4-. The second kappa shape index (κ2) is 8.04. The highest BCUT2D eigenvalue weighted by Crippen LogP contribution is 2.36. The topological polar surface area (TPSA) is 124 Å². The number of carboxylic acids is 1. The number of nitro groups is 1. The summed E-state index contributed by atoms with van der Waals surface area (Å²) in [4.78, 5) is 31.3. The number of carbonyl (C=O) groups excluding carboxylic acids is 1. The zero-order chi connectivity index (χ0) is 18.4. The summed E-state index contributed by atoms with van der Waals surface area (Å²) in [5.41, 5.74) is 0.443. The quantitative estimate of drug-likeness (QED) is 0.564. The Hall–Kier alpha value is -3.23. The van der Waals surface area contributed by atoms with E-state index in [9.17, 15) is 20.0 Å². The first-order chi connectivity index (χ1) is 11.9. The lowest BCUT2D eigenvalue weighted by Gasteiger charge is -2.27. The standard InChI is InChI=1S/C16H19N5O4/c1-11(2)20(12-6-4-3-5-7-12)16-14(21(24)25)15(18-10-19-16)17-9-8-13(22)23/h3-7,10-11H,8-9H2,1-2H3,(H,22,23)(H,17,18,19)/p-1. The van der Waals surface area contributed by atoms with E-state index in [1.54, 1.807) is 4.90 Å². The molecule has 1 heterocycles. The molecule has 2 rings (SSSR count). The number of para-hydroxylation sites is 1. The van der Waals surface area contributed by atoms with Crippen LogP contribution in [0.1, 0.15) is 20.3 Å². The third-order valence-electron chi connectivity index (χ3n) is 3.39. The molecule has 1 N–H and O–H groups in total. The molecule has 9 heteroatoms. The van der Waals surface area contributed by atoms with Crippen LogP contribution in [-0.2, 0) is 4.79 Å². The molecular weight excluding hydrogens is 326 g/mol. The Bertz CT molecular complexity index is 751. The Morgan fingerprint density at radius 2 is 1.96 bits per heavy atom. The molecule has 0 amide bonds. The highest BCUT2D eigenvalue weighted by Gasteiger charge is 2.29. The van der Waals surface area contributed by atoms with Crippen LogP contribution in [0, 0.1) is 10.1 Å². The number of hydrogen-bond acceptors (Lipinski definition) is 8. The monoisotopic (exact) mass is 344 g/mol. The molecule has 1 aromatic heterocycles. The average molecular weight is 344 g/mol. The van der Waals surface area contributed by atoms with Gasteiger partial charge in [-0.15, -0.1) is 0 Å². The second-order valence-corrected chi connectivity index (χ2v) is 5.50. The molecule has 2 aromatic rings. The van der Waals surface area contributed by atoms with E-state index in [2.05, 4.69) is 15.3 Å². The first-order valence-electron chi connectivity index (χ1n) is 7.69. The Morgan fingerprint density at radius 3 is 2.52 bits per heavy atom. The molecule has 0 saturated heterocycles. The predicted octanol–water partition coefficient (Wildman–Crippen LogP) is 1.48. The van der Waals surface area contributed by atoms with Gasteiger partial charge in [0.15, 0.2) is 0 Å². The maximum Gasteiger partial charge on any atom is 0.353 e. The van der Waals surface area contributed by atoms with Crippen LogP contribution in [0.3, 0.4) is 0 Å². The van der Waals surface area contributed by atoms with E-state index < -0.39 is 10.9 Å². The van der Waals surface area contributed by atoms with E-state index in [1.165, 1.54) is 6.33 Å². The number of hydrogen-bond donors (Lipinski definition) is 1. The number of nitrogens with zero attached hydrogens (tertiary/aromatic N) is 4. The normalized spacial score (nSPS) is 10.5. The van der Waals surface area contributed by atoms with Gasteiger partial charge in [0, 0.05) is 30.7 Å². The van der Waals surface area contributed by atoms with Crippen molar-refractivity contribution >= 4 is 29.0 Å². The summed E-state index contributed by atoms with van der Waals surface area (Å²) in [6.45, 7) is 3.75. The van der Waals surface area contributed by atoms with Crippen LogP contribution in [0.4, 0.5) is 23.0 Å². The molecule has 0 aliphatic carbocycles. The van der Waals surface area contributed by atoms with Crippen LogP contribution in [0.15, 0.2) is 36.7 Å². The molecule has 0 aliphatic heterocycles. The summed E-state index contributed by atoms with van der Waals surface area (Å²) in [6, 6.07) is 9.06.